The predicted octanol–water partition coefficient (Wildman–Crippen LogP) is 3.14. The van der Waals surface area contributed by atoms with Crippen LogP contribution >= 0.6 is 0 Å². The van der Waals surface area contributed by atoms with Gasteiger partial charge in [0.1, 0.15) is 5.75 Å². The number of nitrogens with one attached hydrogen (secondary N) is 1. The molecule has 0 bridgehead atoms. The highest BCUT2D eigenvalue weighted by molar-refractivity contribution is 5.80. The number of ether oxygens (including phenoxy) is 1. The number of methoxy groups -OCH3 is 1. The van der Waals surface area contributed by atoms with Crippen LogP contribution in [0.2, 0.25) is 0 Å². The highest BCUT2D eigenvalue weighted by Gasteiger charge is 2.26. The van der Waals surface area contributed by atoms with Gasteiger partial charge < -0.3 is 15.0 Å². The van der Waals surface area contributed by atoms with E-state index in [1.807, 2.05) is 17.0 Å². The Balaban J connectivity index is 1.69. The molecular formula is C22H26N2O2. The molecule has 2 aromatic rings. The van der Waals surface area contributed by atoms with Crippen molar-refractivity contribution in [2.24, 2.45) is 5.92 Å². The Morgan fingerprint density at radius 3 is 2.42 bits per heavy atom. The molecule has 0 aliphatic carbocycles. The standard InChI is InChI=1S/C22H26N2O2/c1-3-13-24-14-12-23-16-20(22(24)25)15-17-4-6-18(7-5-17)19-8-10-21(26-2)11-9-19/h3-11,20,23H,1,12-16H2,2H3. The van der Waals surface area contributed by atoms with Crippen molar-refractivity contribution >= 4 is 5.91 Å². The Bertz CT molecular complexity index is 738. The third-order valence-electron chi connectivity index (χ3n) is 4.82. The molecule has 1 fully saturated rings. The van der Waals surface area contributed by atoms with Crippen molar-refractivity contribution in [3.05, 3.63) is 66.7 Å². The van der Waals surface area contributed by atoms with E-state index in [9.17, 15) is 4.79 Å². The average Bonchev–Trinajstić information content (AvgIpc) is 2.85. The molecule has 3 rings (SSSR count). The second-order valence-corrected chi connectivity index (χ2v) is 6.60. The first kappa shape index (κ1) is 18.2. The van der Waals surface area contributed by atoms with Gasteiger partial charge in [-0.15, -0.1) is 6.58 Å². The molecule has 0 radical (unpaired) electrons. The van der Waals surface area contributed by atoms with Gasteiger partial charge in [-0.3, -0.25) is 4.79 Å². The topological polar surface area (TPSA) is 41.6 Å². The molecule has 1 aliphatic rings. The Kier molecular flexibility index (Phi) is 6.08. The third kappa shape index (κ3) is 4.33. The van der Waals surface area contributed by atoms with Gasteiger partial charge in [0, 0.05) is 26.2 Å². The number of carbonyl (C=O) groups is 1. The van der Waals surface area contributed by atoms with Gasteiger partial charge in [-0.25, -0.2) is 0 Å². The van der Waals surface area contributed by atoms with Gasteiger partial charge in [0.25, 0.3) is 0 Å². The van der Waals surface area contributed by atoms with Gasteiger partial charge in [-0.2, -0.15) is 0 Å². The summed E-state index contributed by atoms with van der Waals surface area (Å²) < 4.78 is 5.21. The smallest absolute Gasteiger partial charge is 0.227 e. The summed E-state index contributed by atoms with van der Waals surface area (Å²) in [5.74, 6) is 1.05. The van der Waals surface area contributed by atoms with E-state index >= 15 is 0 Å². The SMILES string of the molecule is C=CCN1CCNCC(Cc2ccc(-c3ccc(OC)cc3)cc2)C1=O. The van der Waals surface area contributed by atoms with E-state index in [0.29, 0.717) is 6.54 Å². The summed E-state index contributed by atoms with van der Waals surface area (Å²) in [7, 11) is 1.67. The molecule has 1 unspecified atom stereocenters. The highest BCUT2D eigenvalue weighted by Crippen LogP contribution is 2.23. The molecule has 1 amide bonds. The Morgan fingerprint density at radius 2 is 1.81 bits per heavy atom. The van der Waals surface area contributed by atoms with Crippen LogP contribution in [0.5, 0.6) is 5.75 Å². The minimum Gasteiger partial charge on any atom is -0.497 e. The van der Waals surface area contributed by atoms with Crippen LogP contribution in [0.1, 0.15) is 5.56 Å². The average molecular weight is 350 g/mol. The second kappa shape index (κ2) is 8.68. The molecule has 136 valence electrons. The van der Waals surface area contributed by atoms with Crippen LogP contribution in [0.4, 0.5) is 0 Å². The predicted molar refractivity (Wildman–Crippen MR) is 105 cm³/mol. The molecule has 1 heterocycles. The molecule has 1 N–H and O–H groups in total. The maximum atomic E-state index is 12.7. The van der Waals surface area contributed by atoms with E-state index < -0.39 is 0 Å². The summed E-state index contributed by atoms with van der Waals surface area (Å²) in [5.41, 5.74) is 3.50. The number of amides is 1. The zero-order chi connectivity index (χ0) is 18.4. The molecule has 4 nitrogen and oxygen atoms in total. The van der Waals surface area contributed by atoms with E-state index in [1.54, 1.807) is 13.2 Å². The Hall–Kier alpha value is -2.59. The van der Waals surface area contributed by atoms with Crippen LogP contribution in [-0.2, 0) is 11.2 Å². The summed E-state index contributed by atoms with van der Waals surface area (Å²) in [6.45, 7) is 6.69. The molecule has 4 heteroatoms. The number of hydrogen-bond donors (Lipinski definition) is 1. The number of nitrogens with zero attached hydrogens (tertiary/aromatic N) is 1. The van der Waals surface area contributed by atoms with Crippen molar-refractivity contribution in [3.63, 3.8) is 0 Å². The lowest BCUT2D eigenvalue weighted by atomic mass is 9.96. The van der Waals surface area contributed by atoms with Gasteiger partial charge in [-0.05, 0) is 35.2 Å². The molecule has 0 saturated carbocycles. The number of rotatable bonds is 6. The second-order valence-electron chi connectivity index (χ2n) is 6.60. The molecule has 1 saturated heterocycles. The van der Waals surface area contributed by atoms with Crippen LogP contribution < -0.4 is 10.1 Å². The van der Waals surface area contributed by atoms with Gasteiger partial charge in [-0.1, -0.05) is 42.5 Å². The molecule has 26 heavy (non-hydrogen) atoms. The van der Waals surface area contributed by atoms with E-state index in [0.717, 1.165) is 42.9 Å². The maximum absolute atomic E-state index is 12.7. The molecule has 1 aliphatic heterocycles. The van der Waals surface area contributed by atoms with Crippen LogP contribution in [0.25, 0.3) is 11.1 Å². The maximum Gasteiger partial charge on any atom is 0.227 e. The van der Waals surface area contributed by atoms with Crippen LogP contribution in [0.15, 0.2) is 61.2 Å². The summed E-state index contributed by atoms with van der Waals surface area (Å²) in [6.07, 6.45) is 2.55. The number of benzene rings is 2. The van der Waals surface area contributed by atoms with Crippen LogP contribution in [-0.4, -0.2) is 44.1 Å². The van der Waals surface area contributed by atoms with Gasteiger partial charge in [0.15, 0.2) is 0 Å². The molecule has 0 aromatic heterocycles. The number of hydrogen-bond acceptors (Lipinski definition) is 3. The lowest BCUT2D eigenvalue weighted by Gasteiger charge is -2.22. The fraction of sp³-hybridized carbons (Fsp3) is 0.318. The Morgan fingerprint density at radius 1 is 1.15 bits per heavy atom. The summed E-state index contributed by atoms with van der Waals surface area (Å²) in [5, 5.41) is 3.38. The quantitative estimate of drug-likeness (QED) is 0.814. The first-order chi connectivity index (χ1) is 12.7. The van der Waals surface area contributed by atoms with E-state index in [-0.39, 0.29) is 11.8 Å². The van der Waals surface area contributed by atoms with Crippen molar-refractivity contribution < 1.29 is 9.53 Å². The van der Waals surface area contributed by atoms with E-state index in [1.165, 1.54) is 5.56 Å². The minimum absolute atomic E-state index is 0.0238. The fourth-order valence-electron chi connectivity index (χ4n) is 3.34. The molecular weight excluding hydrogens is 324 g/mol. The van der Waals surface area contributed by atoms with Crippen molar-refractivity contribution in [3.8, 4) is 16.9 Å². The largest absolute Gasteiger partial charge is 0.497 e. The number of carbonyl (C=O) groups excluding carboxylic acids is 1. The van der Waals surface area contributed by atoms with Gasteiger partial charge >= 0.3 is 0 Å². The highest BCUT2D eigenvalue weighted by atomic mass is 16.5. The molecule has 0 spiro atoms. The normalized spacial score (nSPS) is 17.7. The van der Waals surface area contributed by atoms with Gasteiger partial charge in [0.2, 0.25) is 5.91 Å². The lowest BCUT2D eigenvalue weighted by Crippen LogP contribution is -2.37. The van der Waals surface area contributed by atoms with Crippen molar-refractivity contribution in [1.82, 2.24) is 10.2 Å². The summed E-state index contributed by atoms with van der Waals surface area (Å²) in [6, 6.07) is 16.5. The van der Waals surface area contributed by atoms with E-state index in [2.05, 4.69) is 48.3 Å². The fourth-order valence-corrected chi connectivity index (χ4v) is 3.34. The van der Waals surface area contributed by atoms with Crippen molar-refractivity contribution in [2.75, 3.05) is 33.3 Å². The molecule has 1 atom stereocenters. The van der Waals surface area contributed by atoms with E-state index in [4.69, 9.17) is 4.74 Å². The third-order valence-corrected chi connectivity index (χ3v) is 4.82. The first-order valence-corrected chi connectivity index (χ1v) is 9.05. The summed E-state index contributed by atoms with van der Waals surface area (Å²) in [4.78, 5) is 14.6. The zero-order valence-corrected chi connectivity index (χ0v) is 15.3. The van der Waals surface area contributed by atoms with Crippen molar-refractivity contribution in [1.29, 1.82) is 0 Å². The first-order valence-electron chi connectivity index (χ1n) is 9.05. The van der Waals surface area contributed by atoms with Crippen molar-refractivity contribution in [2.45, 2.75) is 6.42 Å². The zero-order valence-electron chi connectivity index (χ0n) is 15.3. The molecule has 2 aromatic carbocycles. The minimum atomic E-state index is -0.0238. The van der Waals surface area contributed by atoms with Crippen LogP contribution in [0.3, 0.4) is 0 Å². The summed E-state index contributed by atoms with van der Waals surface area (Å²) >= 11 is 0. The Labute approximate surface area is 155 Å². The monoisotopic (exact) mass is 350 g/mol. The van der Waals surface area contributed by atoms with Gasteiger partial charge in [0.05, 0.1) is 13.0 Å². The lowest BCUT2D eigenvalue weighted by molar-refractivity contribution is -0.133. The van der Waals surface area contributed by atoms with Crippen LogP contribution in [0, 0.1) is 5.92 Å².